The van der Waals surface area contributed by atoms with Gasteiger partial charge in [-0.2, -0.15) is 0 Å². The van der Waals surface area contributed by atoms with Gasteiger partial charge < -0.3 is 10.6 Å². The minimum Gasteiger partial charge on any atom is -0.339 e. The smallest absolute Gasteiger partial charge is 0.253 e. The molecule has 128 valence electrons. The average molecular weight is 339 g/mol. The highest BCUT2D eigenvalue weighted by atomic mass is 32.2. The van der Waals surface area contributed by atoms with Crippen molar-refractivity contribution in [2.75, 3.05) is 13.1 Å². The van der Waals surface area contributed by atoms with Gasteiger partial charge in [0, 0.05) is 24.7 Å². The van der Waals surface area contributed by atoms with Crippen molar-refractivity contribution >= 4 is 15.9 Å². The Bertz CT molecular complexity index is 706. The fourth-order valence-corrected chi connectivity index (χ4v) is 3.94. The number of carbonyl (C=O) groups excluding carboxylic acids is 1. The van der Waals surface area contributed by atoms with E-state index in [0.29, 0.717) is 30.1 Å². The summed E-state index contributed by atoms with van der Waals surface area (Å²) in [6.07, 6.45) is 1.74. The van der Waals surface area contributed by atoms with Crippen LogP contribution >= 0.6 is 0 Å². The number of carbonyl (C=O) groups is 1. The lowest BCUT2D eigenvalue weighted by Gasteiger charge is -2.34. The molecule has 1 heterocycles. The minimum absolute atomic E-state index is 0.0197. The summed E-state index contributed by atoms with van der Waals surface area (Å²) < 4.78 is 23.4. The molecule has 1 saturated heterocycles. The molecule has 1 aliphatic rings. The highest BCUT2D eigenvalue weighted by Gasteiger charge is 2.26. The van der Waals surface area contributed by atoms with Crippen molar-refractivity contribution in [1.82, 2.24) is 4.90 Å². The van der Waals surface area contributed by atoms with Crippen LogP contribution in [0.1, 0.15) is 41.3 Å². The Hall–Kier alpha value is -1.44. The topological polar surface area (TPSA) is 106 Å². The van der Waals surface area contributed by atoms with E-state index in [4.69, 9.17) is 10.9 Å². The molecule has 2 rings (SSSR count). The van der Waals surface area contributed by atoms with E-state index in [1.807, 2.05) is 6.92 Å². The lowest BCUT2D eigenvalue weighted by Crippen LogP contribution is -2.42. The molecule has 0 aliphatic carbocycles. The van der Waals surface area contributed by atoms with Gasteiger partial charge in [0.05, 0.1) is 4.90 Å². The molecule has 1 unspecified atom stereocenters. The van der Waals surface area contributed by atoms with Crippen LogP contribution in [0.4, 0.5) is 0 Å². The Morgan fingerprint density at radius 1 is 1.26 bits per heavy atom. The largest absolute Gasteiger partial charge is 0.339 e. The van der Waals surface area contributed by atoms with Crippen LogP contribution in [0.3, 0.4) is 0 Å². The number of sulfonamides is 1. The average Bonchev–Trinajstić information content (AvgIpc) is 2.48. The Kier molecular flexibility index (Phi) is 5.13. The summed E-state index contributed by atoms with van der Waals surface area (Å²) in [6.45, 7) is 6.75. The Balaban J connectivity index is 2.26. The second-order valence-corrected chi connectivity index (χ2v) is 7.98. The van der Waals surface area contributed by atoms with Crippen molar-refractivity contribution in [2.24, 2.45) is 16.8 Å². The van der Waals surface area contributed by atoms with Crippen molar-refractivity contribution in [3.8, 4) is 0 Å². The van der Waals surface area contributed by atoms with Gasteiger partial charge in [0.25, 0.3) is 5.91 Å². The molecule has 0 radical (unpaired) electrons. The fraction of sp³-hybridized carbons (Fsp3) is 0.562. The lowest BCUT2D eigenvalue weighted by atomic mass is 9.90. The van der Waals surface area contributed by atoms with Gasteiger partial charge in [-0.15, -0.1) is 0 Å². The number of likely N-dealkylation sites (tertiary alicyclic amines) is 1. The third kappa shape index (κ3) is 3.91. The van der Waals surface area contributed by atoms with E-state index in [2.05, 4.69) is 0 Å². The van der Waals surface area contributed by atoms with Crippen molar-refractivity contribution < 1.29 is 13.2 Å². The number of amides is 1. The predicted molar refractivity (Wildman–Crippen MR) is 89.6 cm³/mol. The number of benzene rings is 1. The Morgan fingerprint density at radius 2 is 1.83 bits per heavy atom. The first-order valence-electron chi connectivity index (χ1n) is 7.80. The van der Waals surface area contributed by atoms with Crippen molar-refractivity contribution in [2.45, 2.75) is 44.6 Å². The highest BCUT2D eigenvalue weighted by Crippen LogP contribution is 2.24. The Labute approximate surface area is 137 Å². The molecule has 0 spiro atoms. The van der Waals surface area contributed by atoms with E-state index in [0.717, 1.165) is 18.4 Å². The van der Waals surface area contributed by atoms with Gasteiger partial charge >= 0.3 is 0 Å². The van der Waals surface area contributed by atoms with Crippen LogP contribution in [0.2, 0.25) is 0 Å². The molecule has 4 N–H and O–H groups in total. The number of piperidine rings is 1. The molecular weight excluding hydrogens is 314 g/mol. The molecule has 0 bridgehead atoms. The van der Waals surface area contributed by atoms with Crippen LogP contribution < -0.4 is 10.9 Å². The van der Waals surface area contributed by atoms with E-state index < -0.39 is 10.0 Å². The third-order valence-electron chi connectivity index (χ3n) is 4.74. The number of primary sulfonamides is 1. The molecule has 1 atom stereocenters. The zero-order valence-corrected chi connectivity index (χ0v) is 14.7. The SMILES string of the molecule is Cc1cc(C(=O)N2CCC(C(C)N)CC2)cc(S(N)(=O)=O)c1C. The number of hydrogen-bond acceptors (Lipinski definition) is 4. The van der Waals surface area contributed by atoms with E-state index >= 15 is 0 Å². The maximum Gasteiger partial charge on any atom is 0.253 e. The van der Waals surface area contributed by atoms with Gasteiger partial charge in [0.1, 0.15) is 0 Å². The van der Waals surface area contributed by atoms with Gasteiger partial charge in [0.2, 0.25) is 10.0 Å². The van der Waals surface area contributed by atoms with E-state index in [9.17, 15) is 13.2 Å². The Morgan fingerprint density at radius 3 is 2.30 bits per heavy atom. The quantitative estimate of drug-likeness (QED) is 0.861. The number of nitrogens with two attached hydrogens (primary N) is 2. The number of hydrogen-bond donors (Lipinski definition) is 2. The molecule has 0 saturated carbocycles. The zero-order valence-electron chi connectivity index (χ0n) is 13.9. The molecule has 1 fully saturated rings. The van der Waals surface area contributed by atoms with Crippen LogP contribution in [0.25, 0.3) is 0 Å². The normalized spacial score (nSPS) is 18.0. The third-order valence-corrected chi connectivity index (χ3v) is 5.78. The van der Waals surface area contributed by atoms with Crippen molar-refractivity contribution in [1.29, 1.82) is 0 Å². The molecule has 6 nitrogen and oxygen atoms in total. The van der Waals surface area contributed by atoms with Crippen molar-refractivity contribution in [3.63, 3.8) is 0 Å². The molecule has 1 aromatic carbocycles. The van der Waals surface area contributed by atoms with Gasteiger partial charge in [-0.25, -0.2) is 13.6 Å². The molecule has 0 aromatic heterocycles. The number of aryl methyl sites for hydroxylation is 1. The van der Waals surface area contributed by atoms with Crippen LogP contribution in [0.5, 0.6) is 0 Å². The maximum atomic E-state index is 12.7. The molecule has 1 aliphatic heterocycles. The highest BCUT2D eigenvalue weighted by molar-refractivity contribution is 7.89. The first kappa shape index (κ1) is 17.9. The summed E-state index contributed by atoms with van der Waals surface area (Å²) >= 11 is 0. The summed E-state index contributed by atoms with van der Waals surface area (Å²) in [5.41, 5.74) is 7.62. The first-order chi connectivity index (χ1) is 10.6. The summed E-state index contributed by atoms with van der Waals surface area (Å²) in [5.74, 6) is 0.278. The standard InChI is InChI=1S/C16H25N3O3S/c1-10-8-14(9-15(11(10)2)23(18,21)22)16(20)19-6-4-13(5-7-19)12(3)17/h8-9,12-13H,4-7,17H2,1-3H3,(H2,18,21,22). The van der Waals surface area contributed by atoms with Crippen LogP contribution in [0, 0.1) is 19.8 Å². The van der Waals surface area contributed by atoms with E-state index in [-0.39, 0.29) is 16.8 Å². The minimum atomic E-state index is -3.85. The second-order valence-electron chi connectivity index (χ2n) is 6.45. The molecule has 7 heteroatoms. The molecule has 1 aromatic rings. The molecular formula is C16H25N3O3S. The monoisotopic (exact) mass is 339 g/mol. The molecule has 23 heavy (non-hydrogen) atoms. The van der Waals surface area contributed by atoms with Gasteiger partial charge in [-0.3, -0.25) is 4.79 Å². The van der Waals surface area contributed by atoms with Crippen molar-refractivity contribution in [3.05, 3.63) is 28.8 Å². The van der Waals surface area contributed by atoms with E-state index in [1.54, 1.807) is 24.8 Å². The van der Waals surface area contributed by atoms with Crippen LogP contribution in [-0.4, -0.2) is 38.4 Å². The predicted octanol–water partition coefficient (Wildman–Crippen LogP) is 1.15. The maximum absolute atomic E-state index is 12.7. The number of nitrogens with zero attached hydrogens (tertiary/aromatic N) is 1. The number of rotatable bonds is 3. The van der Waals surface area contributed by atoms with Crippen LogP contribution in [0.15, 0.2) is 17.0 Å². The fourth-order valence-electron chi connectivity index (χ4n) is 3.06. The zero-order chi connectivity index (χ0) is 17.4. The second kappa shape index (κ2) is 6.59. The van der Waals surface area contributed by atoms with Crippen LogP contribution in [-0.2, 0) is 10.0 Å². The summed E-state index contributed by atoms with van der Waals surface area (Å²) in [6, 6.07) is 3.24. The first-order valence-corrected chi connectivity index (χ1v) is 9.34. The van der Waals surface area contributed by atoms with Gasteiger partial charge in [-0.05, 0) is 62.8 Å². The summed E-state index contributed by atoms with van der Waals surface area (Å²) in [4.78, 5) is 14.5. The summed E-state index contributed by atoms with van der Waals surface area (Å²) in [5, 5.41) is 5.26. The van der Waals surface area contributed by atoms with Gasteiger partial charge in [-0.1, -0.05) is 0 Å². The molecule has 1 amide bonds. The van der Waals surface area contributed by atoms with Gasteiger partial charge in [0.15, 0.2) is 0 Å². The van der Waals surface area contributed by atoms with E-state index in [1.165, 1.54) is 6.07 Å². The lowest BCUT2D eigenvalue weighted by molar-refractivity contribution is 0.0680. The summed E-state index contributed by atoms with van der Waals surface area (Å²) in [7, 11) is -3.85.